The van der Waals surface area contributed by atoms with Gasteiger partial charge >= 0.3 is 0 Å². The van der Waals surface area contributed by atoms with Crippen LogP contribution in [0.4, 0.5) is 0 Å². The van der Waals surface area contributed by atoms with E-state index in [1.54, 1.807) is 7.11 Å². The summed E-state index contributed by atoms with van der Waals surface area (Å²) in [5.41, 5.74) is 0. The van der Waals surface area contributed by atoms with Crippen molar-refractivity contribution in [1.82, 2.24) is 10.6 Å². The number of hydrogen-bond donors (Lipinski definition) is 2. The molecule has 144 valence electrons. The predicted octanol–water partition coefficient (Wildman–Crippen LogP) is 2.56. The van der Waals surface area contributed by atoms with Crippen LogP contribution in [-0.4, -0.2) is 65.2 Å². The van der Waals surface area contributed by atoms with Gasteiger partial charge in [-0.3, -0.25) is 4.99 Å². The Morgan fingerprint density at radius 3 is 2.42 bits per heavy atom. The smallest absolute Gasteiger partial charge is 0.191 e. The second-order valence-electron chi connectivity index (χ2n) is 5.78. The highest BCUT2D eigenvalue weighted by atomic mass is 127. The molecule has 2 N–H and O–H groups in total. The van der Waals surface area contributed by atoms with Crippen LogP contribution < -0.4 is 10.6 Å². The molecule has 0 heterocycles. The SMILES string of the molecule is CCNC(=NCCOC1CCCCCC1)NCCOCCOC.I. The summed E-state index contributed by atoms with van der Waals surface area (Å²) in [6.45, 7) is 6.94. The zero-order valence-corrected chi connectivity index (χ0v) is 17.7. The first-order valence-corrected chi connectivity index (χ1v) is 9.07. The summed E-state index contributed by atoms with van der Waals surface area (Å²) in [6.07, 6.45) is 8.19. The van der Waals surface area contributed by atoms with E-state index in [1.165, 1.54) is 38.5 Å². The maximum Gasteiger partial charge on any atom is 0.191 e. The second-order valence-corrected chi connectivity index (χ2v) is 5.78. The summed E-state index contributed by atoms with van der Waals surface area (Å²) in [4.78, 5) is 4.54. The Morgan fingerprint density at radius 2 is 1.75 bits per heavy atom. The normalized spacial score (nSPS) is 16.3. The molecule has 1 fully saturated rings. The van der Waals surface area contributed by atoms with Gasteiger partial charge in [0.1, 0.15) is 0 Å². The van der Waals surface area contributed by atoms with Crippen molar-refractivity contribution >= 4 is 29.9 Å². The van der Waals surface area contributed by atoms with Crippen LogP contribution in [0.15, 0.2) is 4.99 Å². The number of hydrogen-bond acceptors (Lipinski definition) is 4. The molecule has 0 aliphatic heterocycles. The minimum Gasteiger partial charge on any atom is -0.382 e. The first-order valence-electron chi connectivity index (χ1n) is 9.07. The molecule has 1 saturated carbocycles. The van der Waals surface area contributed by atoms with Gasteiger partial charge in [-0.1, -0.05) is 25.7 Å². The van der Waals surface area contributed by atoms with Gasteiger partial charge in [-0.05, 0) is 19.8 Å². The molecule has 24 heavy (non-hydrogen) atoms. The molecular weight excluding hydrogens is 421 g/mol. The first kappa shape index (κ1) is 23.9. The van der Waals surface area contributed by atoms with Crippen LogP contribution in [0.3, 0.4) is 0 Å². The predicted molar refractivity (Wildman–Crippen MR) is 110 cm³/mol. The highest BCUT2D eigenvalue weighted by Crippen LogP contribution is 2.19. The van der Waals surface area contributed by atoms with Gasteiger partial charge in [-0.15, -0.1) is 24.0 Å². The molecule has 0 bridgehead atoms. The van der Waals surface area contributed by atoms with E-state index in [4.69, 9.17) is 14.2 Å². The van der Waals surface area contributed by atoms with E-state index < -0.39 is 0 Å². The lowest BCUT2D eigenvalue weighted by molar-refractivity contribution is 0.0487. The summed E-state index contributed by atoms with van der Waals surface area (Å²) < 4.78 is 16.3. The van der Waals surface area contributed by atoms with E-state index in [0.717, 1.165) is 19.0 Å². The average Bonchev–Trinajstić information content (AvgIpc) is 2.83. The minimum atomic E-state index is 0. The van der Waals surface area contributed by atoms with Crippen LogP contribution in [-0.2, 0) is 14.2 Å². The summed E-state index contributed by atoms with van der Waals surface area (Å²) in [7, 11) is 1.68. The number of nitrogens with zero attached hydrogens (tertiary/aromatic N) is 1. The Bertz CT molecular complexity index is 299. The van der Waals surface area contributed by atoms with Gasteiger partial charge in [-0.2, -0.15) is 0 Å². The molecule has 0 aromatic carbocycles. The van der Waals surface area contributed by atoms with Crippen molar-refractivity contribution in [2.75, 3.05) is 53.2 Å². The maximum atomic E-state index is 5.96. The van der Waals surface area contributed by atoms with Crippen LogP contribution in [0, 0.1) is 0 Å². The highest BCUT2D eigenvalue weighted by Gasteiger charge is 2.11. The number of nitrogens with one attached hydrogen (secondary N) is 2. The quantitative estimate of drug-likeness (QED) is 0.164. The van der Waals surface area contributed by atoms with Gasteiger partial charge in [0.25, 0.3) is 0 Å². The Hall–Kier alpha value is -0.120. The molecule has 0 saturated heterocycles. The standard InChI is InChI=1S/C17H35N3O3.HI/c1-3-18-17(19-10-12-22-15-14-21-2)20-11-13-23-16-8-6-4-5-7-9-16;/h16H,3-15H2,1-2H3,(H2,18,19,20);1H. The van der Waals surface area contributed by atoms with Gasteiger partial charge in [0.05, 0.1) is 39.1 Å². The summed E-state index contributed by atoms with van der Waals surface area (Å²) in [5, 5.41) is 6.50. The van der Waals surface area contributed by atoms with E-state index >= 15 is 0 Å². The van der Waals surface area contributed by atoms with Crippen molar-refractivity contribution in [3.05, 3.63) is 0 Å². The Labute approximate surface area is 164 Å². The molecule has 1 aliphatic rings. The number of aliphatic imine (C=N–C) groups is 1. The minimum absolute atomic E-state index is 0. The lowest BCUT2D eigenvalue weighted by atomic mass is 10.1. The number of halogens is 1. The molecule has 1 rings (SSSR count). The van der Waals surface area contributed by atoms with Crippen LogP contribution in [0.1, 0.15) is 45.4 Å². The summed E-state index contributed by atoms with van der Waals surface area (Å²) >= 11 is 0. The fraction of sp³-hybridized carbons (Fsp3) is 0.941. The third kappa shape index (κ3) is 13.2. The lowest BCUT2D eigenvalue weighted by Crippen LogP contribution is -2.39. The monoisotopic (exact) mass is 457 g/mol. The molecule has 1 aliphatic carbocycles. The van der Waals surface area contributed by atoms with Gasteiger partial charge in [0.15, 0.2) is 5.96 Å². The molecule has 0 aromatic rings. The van der Waals surface area contributed by atoms with E-state index in [1.807, 2.05) is 0 Å². The Morgan fingerprint density at radius 1 is 1.00 bits per heavy atom. The molecule has 0 radical (unpaired) electrons. The zero-order chi connectivity index (χ0) is 16.6. The molecule has 7 heteroatoms. The summed E-state index contributed by atoms with van der Waals surface area (Å²) in [5.74, 6) is 0.826. The van der Waals surface area contributed by atoms with Gasteiger partial charge < -0.3 is 24.8 Å². The number of methoxy groups -OCH3 is 1. The Kier molecular flexibility index (Phi) is 17.6. The van der Waals surface area contributed by atoms with E-state index in [-0.39, 0.29) is 24.0 Å². The first-order chi connectivity index (χ1) is 11.4. The van der Waals surface area contributed by atoms with E-state index in [2.05, 4.69) is 22.5 Å². The Balaban J connectivity index is 0.00000529. The molecular formula is C17H36IN3O3. The highest BCUT2D eigenvalue weighted by molar-refractivity contribution is 14.0. The zero-order valence-electron chi connectivity index (χ0n) is 15.3. The van der Waals surface area contributed by atoms with Gasteiger partial charge in [0.2, 0.25) is 0 Å². The number of ether oxygens (including phenoxy) is 3. The summed E-state index contributed by atoms with van der Waals surface area (Å²) in [6, 6.07) is 0. The molecule has 0 unspecified atom stereocenters. The topological polar surface area (TPSA) is 64.1 Å². The number of rotatable bonds is 11. The average molecular weight is 457 g/mol. The van der Waals surface area contributed by atoms with Gasteiger partial charge in [-0.25, -0.2) is 0 Å². The van der Waals surface area contributed by atoms with Crippen molar-refractivity contribution in [3.63, 3.8) is 0 Å². The lowest BCUT2D eigenvalue weighted by Gasteiger charge is -2.15. The largest absolute Gasteiger partial charge is 0.382 e. The third-order valence-corrected chi connectivity index (χ3v) is 3.83. The van der Waals surface area contributed by atoms with Crippen molar-refractivity contribution in [3.8, 4) is 0 Å². The molecule has 0 atom stereocenters. The fourth-order valence-corrected chi connectivity index (χ4v) is 2.61. The fourth-order valence-electron chi connectivity index (χ4n) is 2.61. The van der Waals surface area contributed by atoms with E-state index in [0.29, 0.717) is 39.1 Å². The molecule has 0 aromatic heterocycles. The molecule has 0 spiro atoms. The molecule has 6 nitrogen and oxygen atoms in total. The van der Waals surface area contributed by atoms with Crippen LogP contribution in [0.2, 0.25) is 0 Å². The maximum absolute atomic E-state index is 5.96. The van der Waals surface area contributed by atoms with Crippen molar-refractivity contribution in [2.45, 2.75) is 51.6 Å². The van der Waals surface area contributed by atoms with Crippen molar-refractivity contribution < 1.29 is 14.2 Å². The van der Waals surface area contributed by atoms with Crippen LogP contribution in [0.5, 0.6) is 0 Å². The number of guanidine groups is 1. The van der Waals surface area contributed by atoms with Crippen LogP contribution in [0.25, 0.3) is 0 Å². The molecule has 0 amide bonds. The van der Waals surface area contributed by atoms with Crippen LogP contribution >= 0.6 is 24.0 Å². The van der Waals surface area contributed by atoms with Crippen molar-refractivity contribution in [2.24, 2.45) is 4.99 Å². The van der Waals surface area contributed by atoms with E-state index in [9.17, 15) is 0 Å². The third-order valence-electron chi connectivity index (χ3n) is 3.83. The van der Waals surface area contributed by atoms with Crippen molar-refractivity contribution in [1.29, 1.82) is 0 Å². The second kappa shape index (κ2) is 17.7. The van der Waals surface area contributed by atoms with Gasteiger partial charge in [0, 0.05) is 20.2 Å².